The molecule has 1 aliphatic heterocycles. The summed E-state index contributed by atoms with van der Waals surface area (Å²) >= 11 is 0. The molecule has 0 spiro atoms. The largest absolute Gasteiger partial charge is 0.495 e. The highest BCUT2D eigenvalue weighted by atomic mass is 16.5. The van der Waals surface area contributed by atoms with Gasteiger partial charge in [-0.15, -0.1) is 0 Å². The number of β-amino-alcohol motifs (C(OH)–C–C–N with tert-alkyl or cyclic N) is 1. The number of fused-ring (bicyclic) bond motifs is 1. The lowest BCUT2D eigenvalue weighted by Crippen LogP contribution is -2.29. The molecule has 0 aromatic heterocycles. The van der Waals surface area contributed by atoms with Crippen molar-refractivity contribution in [3.63, 3.8) is 0 Å². The molecule has 0 unspecified atom stereocenters. The van der Waals surface area contributed by atoms with Gasteiger partial charge in [-0.25, -0.2) is 0 Å². The zero-order valence-electron chi connectivity index (χ0n) is 18.0. The van der Waals surface area contributed by atoms with E-state index in [1.54, 1.807) is 12.0 Å². The molecule has 5 heteroatoms. The second kappa shape index (κ2) is 9.78. The average molecular weight is 388 g/mol. The van der Waals surface area contributed by atoms with E-state index in [9.17, 15) is 9.90 Å². The number of ether oxygens (including phenoxy) is 2. The Hall–Kier alpha value is -2.27. The lowest BCUT2D eigenvalue weighted by Gasteiger charge is -2.20. The minimum Gasteiger partial charge on any atom is -0.495 e. The molecule has 0 saturated carbocycles. The Morgan fingerprint density at radius 2 is 2.00 bits per heavy atom. The maximum Gasteiger partial charge on any atom is 0.258 e. The van der Waals surface area contributed by atoms with Crippen LogP contribution in [0.1, 0.15) is 68.1 Å². The number of rotatable bonds is 9. The summed E-state index contributed by atoms with van der Waals surface area (Å²) in [7, 11) is 1.58. The molecular formula is C23H33NO4. The molecule has 1 amide bonds. The first-order chi connectivity index (χ1) is 13.3. The summed E-state index contributed by atoms with van der Waals surface area (Å²) in [5, 5.41) is 9.28. The summed E-state index contributed by atoms with van der Waals surface area (Å²) < 4.78 is 11.6. The molecule has 28 heavy (non-hydrogen) atoms. The maximum atomic E-state index is 12.8. The van der Waals surface area contributed by atoms with E-state index in [1.165, 1.54) is 11.1 Å². The monoisotopic (exact) mass is 387 g/mol. The second-order valence-corrected chi connectivity index (χ2v) is 7.58. The van der Waals surface area contributed by atoms with Crippen LogP contribution in [0.3, 0.4) is 0 Å². The van der Waals surface area contributed by atoms with E-state index < -0.39 is 0 Å². The minimum absolute atomic E-state index is 0.0639. The third kappa shape index (κ3) is 4.76. The molecule has 0 bridgehead atoms. The third-order valence-corrected chi connectivity index (χ3v) is 5.21. The number of carbonyl (C=O) groups excluding carboxylic acids is 1. The SMILES string of the molecule is COc1c(C)c(OC/C=C(\C)CCC=C(C)C)cc2c1C(=O)N(CCO)[C@H]2C. The van der Waals surface area contributed by atoms with Crippen molar-refractivity contribution in [1.29, 1.82) is 0 Å². The summed E-state index contributed by atoms with van der Waals surface area (Å²) in [6, 6.07) is 1.83. The van der Waals surface area contributed by atoms with Crippen molar-refractivity contribution < 1.29 is 19.4 Å². The number of allylic oxidation sites excluding steroid dienone is 3. The Morgan fingerprint density at radius 3 is 2.61 bits per heavy atom. The number of aliphatic hydroxyl groups is 1. The van der Waals surface area contributed by atoms with Gasteiger partial charge in [0.2, 0.25) is 0 Å². The van der Waals surface area contributed by atoms with Crippen LogP contribution in [0.5, 0.6) is 11.5 Å². The first-order valence-corrected chi connectivity index (χ1v) is 9.86. The fourth-order valence-electron chi connectivity index (χ4n) is 3.56. The Bertz CT molecular complexity index is 775. The number of aliphatic hydroxyl groups excluding tert-OH is 1. The van der Waals surface area contributed by atoms with Gasteiger partial charge in [-0.2, -0.15) is 0 Å². The van der Waals surface area contributed by atoms with Crippen molar-refractivity contribution in [2.24, 2.45) is 0 Å². The van der Waals surface area contributed by atoms with Crippen LogP contribution in [0.2, 0.25) is 0 Å². The summed E-state index contributed by atoms with van der Waals surface area (Å²) in [5.41, 5.74) is 4.93. The molecule has 0 fully saturated rings. The van der Waals surface area contributed by atoms with Gasteiger partial charge in [0.1, 0.15) is 18.1 Å². The predicted molar refractivity (Wildman–Crippen MR) is 112 cm³/mol. The molecule has 2 rings (SSSR count). The van der Waals surface area contributed by atoms with Crippen LogP contribution in [0.4, 0.5) is 0 Å². The lowest BCUT2D eigenvalue weighted by molar-refractivity contribution is 0.0696. The molecule has 0 saturated heterocycles. The number of methoxy groups -OCH3 is 1. The van der Waals surface area contributed by atoms with Crippen LogP contribution in [0.25, 0.3) is 0 Å². The normalized spacial score (nSPS) is 16.2. The topological polar surface area (TPSA) is 59.0 Å². The highest BCUT2D eigenvalue weighted by Crippen LogP contribution is 2.43. The van der Waals surface area contributed by atoms with E-state index in [4.69, 9.17) is 9.47 Å². The van der Waals surface area contributed by atoms with Gasteiger partial charge in [-0.1, -0.05) is 17.2 Å². The van der Waals surface area contributed by atoms with Gasteiger partial charge in [0.25, 0.3) is 5.91 Å². The molecule has 1 atom stereocenters. The fraction of sp³-hybridized carbons (Fsp3) is 0.522. The van der Waals surface area contributed by atoms with Crippen molar-refractivity contribution in [2.45, 2.75) is 53.5 Å². The molecule has 5 nitrogen and oxygen atoms in total. The van der Waals surface area contributed by atoms with Gasteiger partial charge in [0.05, 0.1) is 25.3 Å². The molecule has 154 valence electrons. The zero-order valence-corrected chi connectivity index (χ0v) is 18.0. The number of benzene rings is 1. The molecule has 1 heterocycles. The van der Waals surface area contributed by atoms with Crippen molar-refractivity contribution in [3.05, 3.63) is 46.1 Å². The molecule has 0 radical (unpaired) electrons. The van der Waals surface area contributed by atoms with Gasteiger partial charge < -0.3 is 19.5 Å². The molecule has 0 aliphatic carbocycles. The quantitative estimate of drug-likeness (QED) is 0.630. The van der Waals surface area contributed by atoms with Crippen molar-refractivity contribution in [2.75, 3.05) is 26.9 Å². The van der Waals surface area contributed by atoms with E-state index in [0.29, 0.717) is 24.5 Å². The second-order valence-electron chi connectivity index (χ2n) is 7.58. The van der Waals surface area contributed by atoms with Crippen LogP contribution < -0.4 is 9.47 Å². The van der Waals surface area contributed by atoms with Gasteiger partial charge in [-0.05, 0) is 65.2 Å². The molecule has 1 N–H and O–H groups in total. The van der Waals surface area contributed by atoms with E-state index in [0.717, 1.165) is 29.7 Å². The summed E-state index contributed by atoms with van der Waals surface area (Å²) in [6.45, 7) is 10.9. The van der Waals surface area contributed by atoms with Crippen LogP contribution >= 0.6 is 0 Å². The maximum absolute atomic E-state index is 12.8. The van der Waals surface area contributed by atoms with Crippen LogP contribution in [-0.4, -0.2) is 42.8 Å². The van der Waals surface area contributed by atoms with E-state index in [-0.39, 0.29) is 18.6 Å². The van der Waals surface area contributed by atoms with Crippen LogP contribution in [0.15, 0.2) is 29.4 Å². The summed E-state index contributed by atoms with van der Waals surface area (Å²) in [4.78, 5) is 14.4. The van der Waals surface area contributed by atoms with E-state index in [2.05, 4.69) is 32.9 Å². The minimum atomic E-state index is -0.118. The summed E-state index contributed by atoms with van der Waals surface area (Å²) in [5.74, 6) is 1.20. The standard InChI is InChI=1S/C23H33NO4/c1-15(2)8-7-9-16(3)10-13-28-20-14-19-18(5)24(11-12-25)23(26)21(19)22(27-6)17(20)4/h8,10,14,18,25H,7,9,11-13H2,1-6H3/b16-10+/t18-/m0/s1. The van der Waals surface area contributed by atoms with Crippen molar-refractivity contribution in [1.82, 2.24) is 4.90 Å². The first kappa shape index (κ1) is 22.0. The number of amides is 1. The fourth-order valence-corrected chi connectivity index (χ4v) is 3.56. The highest BCUT2D eigenvalue weighted by Gasteiger charge is 2.37. The third-order valence-electron chi connectivity index (χ3n) is 5.21. The van der Waals surface area contributed by atoms with Gasteiger partial charge in [-0.3, -0.25) is 4.79 Å². The molecule has 1 aromatic carbocycles. The lowest BCUT2D eigenvalue weighted by atomic mass is 10.0. The Kier molecular flexibility index (Phi) is 7.69. The molecule has 1 aliphatic rings. The number of nitrogens with zero attached hydrogens (tertiary/aromatic N) is 1. The van der Waals surface area contributed by atoms with E-state index in [1.807, 2.05) is 19.9 Å². The molecular weight excluding hydrogens is 354 g/mol. The van der Waals surface area contributed by atoms with Crippen molar-refractivity contribution in [3.8, 4) is 11.5 Å². The Balaban J connectivity index is 2.20. The van der Waals surface area contributed by atoms with Gasteiger partial charge in [0, 0.05) is 12.1 Å². The molecule has 1 aromatic rings. The van der Waals surface area contributed by atoms with E-state index >= 15 is 0 Å². The average Bonchev–Trinajstić information content (AvgIpc) is 2.87. The van der Waals surface area contributed by atoms with Gasteiger partial charge in [0.15, 0.2) is 0 Å². The van der Waals surface area contributed by atoms with Crippen LogP contribution in [-0.2, 0) is 0 Å². The predicted octanol–water partition coefficient (Wildman–Crippen LogP) is 4.58. The number of carbonyl (C=O) groups is 1. The number of hydrogen-bond donors (Lipinski definition) is 1. The van der Waals surface area contributed by atoms with Gasteiger partial charge >= 0.3 is 0 Å². The summed E-state index contributed by atoms with van der Waals surface area (Å²) in [6.07, 6.45) is 6.40. The zero-order chi connectivity index (χ0) is 20.8. The highest BCUT2D eigenvalue weighted by molar-refractivity contribution is 6.02. The van der Waals surface area contributed by atoms with Crippen LogP contribution in [0, 0.1) is 6.92 Å². The first-order valence-electron chi connectivity index (χ1n) is 9.86. The Morgan fingerprint density at radius 1 is 1.29 bits per heavy atom. The number of hydrogen-bond acceptors (Lipinski definition) is 4. The van der Waals surface area contributed by atoms with Crippen molar-refractivity contribution >= 4 is 5.91 Å². The Labute approximate surface area is 168 Å². The smallest absolute Gasteiger partial charge is 0.258 e.